The van der Waals surface area contributed by atoms with Crippen LogP contribution in [0, 0.1) is 0 Å². The Kier molecular flexibility index (Phi) is 7.57. The predicted molar refractivity (Wildman–Crippen MR) is 153 cm³/mol. The fourth-order valence-electron chi connectivity index (χ4n) is 4.50. The van der Waals surface area contributed by atoms with E-state index in [-0.39, 0.29) is 24.6 Å². The number of nitrogens with one attached hydrogen (secondary N) is 2. The Morgan fingerprint density at radius 2 is 2.00 bits per heavy atom. The molecular weight excluding hydrogens is 574 g/mol. The number of rotatable bonds is 7. The second kappa shape index (κ2) is 11.0. The Morgan fingerprint density at radius 1 is 1.14 bits per heavy atom. The molecule has 37 heavy (non-hydrogen) atoms. The van der Waals surface area contributed by atoms with Gasteiger partial charge in [0.25, 0.3) is 0 Å². The first-order valence-electron chi connectivity index (χ1n) is 11.5. The summed E-state index contributed by atoms with van der Waals surface area (Å²) in [4.78, 5) is 18.7. The fraction of sp³-hybridized carbons (Fsp3) is 0.148. The quantitative estimate of drug-likeness (QED) is 0.253. The molecule has 0 aliphatic carbocycles. The maximum atomic E-state index is 12.0. The van der Waals surface area contributed by atoms with Gasteiger partial charge in [0, 0.05) is 41.0 Å². The lowest BCUT2D eigenvalue weighted by molar-refractivity contribution is -0.119. The molecule has 1 fully saturated rings. The molecule has 2 atom stereocenters. The molecular formula is C27H23BrClN5O2S. The minimum absolute atomic E-state index is 0.0569. The number of methoxy groups -OCH3 is 1. The molecule has 1 aliphatic rings. The summed E-state index contributed by atoms with van der Waals surface area (Å²) < 4.78 is 8.03. The number of hydrogen-bond donors (Lipinski definition) is 2. The first-order valence-corrected chi connectivity index (χ1v) is 13.1. The van der Waals surface area contributed by atoms with Gasteiger partial charge in [-0.3, -0.25) is 9.78 Å². The average molecular weight is 597 g/mol. The number of amides is 1. The number of carbonyl (C=O) groups excluding carboxylic acids is 1. The van der Waals surface area contributed by atoms with E-state index in [0.29, 0.717) is 15.8 Å². The number of aromatic nitrogens is 2. The number of ether oxygens (including phenoxy) is 1. The van der Waals surface area contributed by atoms with Gasteiger partial charge in [0.1, 0.15) is 12.6 Å². The van der Waals surface area contributed by atoms with Crippen molar-refractivity contribution in [2.45, 2.75) is 12.1 Å². The smallest absolute Gasteiger partial charge is 0.250 e. The summed E-state index contributed by atoms with van der Waals surface area (Å²) in [5.74, 6) is -0.282. The Morgan fingerprint density at radius 3 is 2.73 bits per heavy atom. The molecule has 1 saturated heterocycles. The van der Waals surface area contributed by atoms with E-state index in [2.05, 4.69) is 54.3 Å². The van der Waals surface area contributed by atoms with Crippen molar-refractivity contribution in [1.29, 1.82) is 0 Å². The van der Waals surface area contributed by atoms with Crippen LogP contribution < -0.4 is 15.5 Å². The van der Waals surface area contributed by atoms with Crippen molar-refractivity contribution < 1.29 is 9.53 Å². The molecule has 5 rings (SSSR count). The van der Waals surface area contributed by atoms with Crippen LogP contribution in [0.1, 0.15) is 23.5 Å². The molecule has 1 amide bonds. The minimum atomic E-state index is -0.282. The largest absolute Gasteiger partial charge is 0.375 e. The van der Waals surface area contributed by atoms with Gasteiger partial charge in [0.05, 0.1) is 22.4 Å². The molecule has 4 aromatic rings. The van der Waals surface area contributed by atoms with Gasteiger partial charge in [0.15, 0.2) is 5.11 Å². The van der Waals surface area contributed by atoms with Crippen molar-refractivity contribution in [3.63, 3.8) is 0 Å². The van der Waals surface area contributed by atoms with Gasteiger partial charge in [-0.1, -0.05) is 39.7 Å². The Balaban J connectivity index is 1.59. The molecule has 2 aromatic carbocycles. The Labute approximate surface area is 233 Å². The zero-order chi connectivity index (χ0) is 25.9. The number of thiocarbonyl (C=S) groups is 1. The van der Waals surface area contributed by atoms with Gasteiger partial charge in [0.2, 0.25) is 5.91 Å². The van der Waals surface area contributed by atoms with E-state index in [1.165, 1.54) is 7.11 Å². The summed E-state index contributed by atoms with van der Waals surface area (Å²) in [5.41, 5.74) is 4.20. The molecule has 3 heterocycles. The summed E-state index contributed by atoms with van der Waals surface area (Å²) in [6.07, 6.45) is 3.81. The van der Waals surface area contributed by atoms with Gasteiger partial charge in [-0.25, -0.2) is 0 Å². The average Bonchev–Trinajstić information content (AvgIpc) is 3.50. The molecule has 0 bridgehead atoms. The van der Waals surface area contributed by atoms with E-state index in [1.807, 2.05) is 53.6 Å². The van der Waals surface area contributed by atoms with Crippen molar-refractivity contribution in [3.8, 4) is 5.69 Å². The highest BCUT2D eigenvalue weighted by atomic mass is 79.9. The lowest BCUT2D eigenvalue weighted by atomic mass is 10.0. The first-order chi connectivity index (χ1) is 18.0. The van der Waals surface area contributed by atoms with Gasteiger partial charge >= 0.3 is 0 Å². The molecule has 2 unspecified atom stereocenters. The normalized spacial score (nSPS) is 17.1. The van der Waals surface area contributed by atoms with E-state index in [4.69, 9.17) is 28.6 Å². The van der Waals surface area contributed by atoms with Gasteiger partial charge in [-0.05, 0) is 72.9 Å². The second-order valence-electron chi connectivity index (χ2n) is 8.42. The lowest BCUT2D eigenvalue weighted by Crippen LogP contribution is -2.30. The predicted octanol–water partition coefficient (Wildman–Crippen LogP) is 6.05. The van der Waals surface area contributed by atoms with E-state index in [0.717, 1.165) is 27.2 Å². The molecule has 10 heteroatoms. The van der Waals surface area contributed by atoms with Crippen molar-refractivity contribution in [3.05, 3.63) is 106 Å². The molecule has 7 nitrogen and oxygen atoms in total. The molecule has 0 spiro atoms. The third kappa shape index (κ3) is 5.26. The highest BCUT2D eigenvalue weighted by Gasteiger charge is 2.42. The highest BCUT2D eigenvalue weighted by molar-refractivity contribution is 9.10. The van der Waals surface area contributed by atoms with Crippen LogP contribution in [-0.2, 0) is 9.53 Å². The SMILES string of the molecule is COCC(=O)Nc1ccc(N2C(=S)NC(c3ccccn3)C2c2cccn2-c2cccc(Br)c2)cc1Cl. The van der Waals surface area contributed by atoms with E-state index >= 15 is 0 Å². The minimum Gasteiger partial charge on any atom is -0.375 e. The van der Waals surface area contributed by atoms with E-state index < -0.39 is 0 Å². The standard InChI is InChI=1S/C27H23BrClN5O2S/c1-36-16-24(35)31-21-11-10-19(15-20(21)29)34-26(25(32-27(34)37)22-8-2-3-12-30-22)23-9-5-13-33(23)18-7-4-6-17(28)14-18/h2-15,25-26H,16H2,1H3,(H,31,35)(H,32,37). The van der Waals surface area contributed by atoms with Gasteiger partial charge in [-0.2, -0.15) is 0 Å². The van der Waals surface area contributed by atoms with Crippen LogP contribution >= 0.6 is 39.7 Å². The fourth-order valence-corrected chi connectivity index (χ4v) is 5.46. The van der Waals surface area contributed by atoms with Crippen LogP contribution in [0.5, 0.6) is 0 Å². The van der Waals surface area contributed by atoms with Crippen molar-refractivity contribution >= 4 is 62.1 Å². The summed E-state index contributed by atoms with van der Waals surface area (Å²) in [6.45, 7) is -0.0569. The lowest BCUT2D eigenvalue weighted by Gasteiger charge is -2.29. The van der Waals surface area contributed by atoms with Crippen LogP contribution in [0.15, 0.2) is 89.7 Å². The Bertz CT molecular complexity index is 1450. The number of carbonyl (C=O) groups is 1. The van der Waals surface area contributed by atoms with Crippen LogP contribution in [0.2, 0.25) is 5.02 Å². The second-order valence-corrected chi connectivity index (χ2v) is 10.1. The maximum absolute atomic E-state index is 12.0. The van der Waals surface area contributed by atoms with Crippen molar-refractivity contribution in [1.82, 2.24) is 14.9 Å². The van der Waals surface area contributed by atoms with Crippen molar-refractivity contribution in [2.24, 2.45) is 0 Å². The van der Waals surface area contributed by atoms with Crippen LogP contribution in [-0.4, -0.2) is 34.3 Å². The first kappa shape index (κ1) is 25.4. The van der Waals surface area contributed by atoms with Crippen LogP contribution in [0.4, 0.5) is 11.4 Å². The summed E-state index contributed by atoms with van der Waals surface area (Å²) in [6, 6.07) is 23.1. The molecule has 2 aromatic heterocycles. The highest BCUT2D eigenvalue weighted by Crippen LogP contribution is 2.43. The number of anilines is 2. The summed E-state index contributed by atoms with van der Waals surface area (Å²) >= 11 is 16.0. The van der Waals surface area contributed by atoms with Crippen molar-refractivity contribution in [2.75, 3.05) is 23.9 Å². The monoisotopic (exact) mass is 595 g/mol. The van der Waals surface area contributed by atoms with E-state index in [9.17, 15) is 4.79 Å². The molecule has 188 valence electrons. The number of benzene rings is 2. The zero-order valence-corrected chi connectivity index (χ0v) is 22.9. The maximum Gasteiger partial charge on any atom is 0.250 e. The molecule has 1 aliphatic heterocycles. The van der Waals surface area contributed by atoms with Crippen LogP contribution in [0.3, 0.4) is 0 Å². The Hall–Kier alpha value is -3.24. The number of hydrogen-bond acceptors (Lipinski definition) is 4. The molecule has 0 radical (unpaired) electrons. The van der Waals surface area contributed by atoms with Crippen LogP contribution in [0.25, 0.3) is 5.69 Å². The number of halogens is 2. The molecule has 2 N–H and O–H groups in total. The topological polar surface area (TPSA) is 71.4 Å². The molecule has 0 saturated carbocycles. The van der Waals surface area contributed by atoms with E-state index in [1.54, 1.807) is 18.3 Å². The van der Waals surface area contributed by atoms with Gasteiger partial charge < -0.3 is 24.8 Å². The summed E-state index contributed by atoms with van der Waals surface area (Å²) in [7, 11) is 1.47. The number of nitrogens with zero attached hydrogens (tertiary/aromatic N) is 3. The van der Waals surface area contributed by atoms with Gasteiger partial charge in [-0.15, -0.1) is 0 Å². The number of pyridine rings is 1. The summed E-state index contributed by atoms with van der Waals surface area (Å²) in [5, 5.41) is 7.19. The third-order valence-electron chi connectivity index (χ3n) is 6.05. The third-order valence-corrected chi connectivity index (χ3v) is 7.17. The zero-order valence-electron chi connectivity index (χ0n) is 19.8.